The van der Waals surface area contributed by atoms with Crippen molar-refractivity contribution in [3.05, 3.63) is 62.7 Å². The molecule has 35 heavy (non-hydrogen) atoms. The van der Waals surface area contributed by atoms with E-state index in [0.29, 0.717) is 29.7 Å². The molecule has 2 atom stereocenters. The molecule has 0 unspecified atom stereocenters. The monoisotopic (exact) mass is 506 g/mol. The van der Waals surface area contributed by atoms with Crippen LogP contribution in [-0.2, 0) is 19.1 Å². The summed E-state index contributed by atoms with van der Waals surface area (Å²) in [6.45, 7) is 3.83. The number of aliphatic imine (C=N–C) groups is 1. The van der Waals surface area contributed by atoms with Gasteiger partial charge < -0.3 is 19.9 Å². The van der Waals surface area contributed by atoms with Crippen LogP contribution in [0.3, 0.4) is 0 Å². The van der Waals surface area contributed by atoms with Gasteiger partial charge in [-0.25, -0.2) is 18.6 Å². The van der Waals surface area contributed by atoms with Crippen LogP contribution in [0.5, 0.6) is 0 Å². The summed E-state index contributed by atoms with van der Waals surface area (Å²) in [6, 6.07) is 0.428. The van der Waals surface area contributed by atoms with E-state index in [1.807, 2.05) is 0 Å². The highest BCUT2D eigenvalue weighted by atomic mass is 32.1. The van der Waals surface area contributed by atoms with Crippen molar-refractivity contribution in [2.45, 2.75) is 25.9 Å². The van der Waals surface area contributed by atoms with Crippen molar-refractivity contribution in [2.24, 2.45) is 4.99 Å². The summed E-state index contributed by atoms with van der Waals surface area (Å²) in [5.74, 6) is -3.45. The molecule has 12 heteroatoms. The van der Waals surface area contributed by atoms with E-state index in [4.69, 9.17) is 9.47 Å². The number of carbonyl (C=O) groups excluding carboxylic acids is 1. The number of amidine groups is 1. The van der Waals surface area contributed by atoms with E-state index in [2.05, 4.69) is 15.3 Å². The van der Waals surface area contributed by atoms with Gasteiger partial charge in [-0.2, -0.15) is 0 Å². The second-order valence-electron chi connectivity index (χ2n) is 7.93. The Labute approximate surface area is 204 Å². The Morgan fingerprint density at radius 1 is 1.37 bits per heavy atom. The Morgan fingerprint density at radius 3 is 2.86 bits per heavy atom. The Morgan fingerprint density at radius 2 is 2.17 bits per heavy atom. The molecule has 1 fully saturated rings. The molecule has 1 aromatic carbocycles. The second kappa shape index (κ2) is 10.6. The first-order valence-corrected chi connectivity index (χ1v) is 11.8. The first-order chi connectivity index (χ1) is 16.8. The average Bonchev–Trinajstić information content (AvgIpc) is 3.38. The number of hydrogen-bond acceptors (Lipinski definition) is 9. The molecule has 2 aliphatic heterocycles. The summed E-state index contributed by atoms with van der Waals surface area (Å²) in [5.41, 5.74) is 0.745. The van der Waals surface area contributed by atoms with Crippen LogP contribution in [-0.4, -0.2) is 71.7 Å². The third-order valence-electron chi connectivity index (χ3n) is 5.82. The molecule has 0 spiro atoms. The highest BCUT2D eigenvalue weighted by Crippen LogP contribution is 2.36. The molecule has 0 aliphatic carbocycles. The number of morpholine rings is 1. The van der Waals surface area contributed by atoms with Crippen LogP contribution in [0.2, 0.25) is 0 Å². The van der Waals surface area contributed by atoms with Crippen LogP contribution in [0.25, 0.3) is 0 Å². The van der Waals surface area contributed by atoms with Crippen molar-refractivity contribution in [1.82, 2.24) is 15.2 Å². The molecular weight excluding hydrogens is 482 g/mol. The third kappa shape index (κ3) is 5.09. The van der Waals surface area contributed by atoms with Gasteiger partial charge in [-0.05, 0) is 31.0 Å². The topological polar surface area (TPSA) is 113 Å². The Kier molecular flexibility index (Phi) is 7.53. The highest BCUT2D eigenvalue weighted by Gasteiger charge is 2.37. The van der Waals surface area contributed by atoms with Gasteiger partial charge >= 0.3 is 11.9 Å². The van der Waals surface area contributed by atoms with Gasteiger partial charge in [0, 0.05) is 30.4 Å². The molecule has 0 saturated carbocycles. The summed E-state index contributed by atoms with van der Waals surface area (Å²) < 4.78 is 39.1. The third-order valence-corrected chi connectivity index (χ3v) is 6.60. The van der Waals surface area contributed by atoms with Crippen LogP contribution in [0.4, 0.5) is 8.78 Å². The van der Waals surface area contributed by atoms with Gasteiger partial charge in [0.15, 0.2) is 22.5 Å². The zero-order valence-electron chi connectivity index (χ0n) is 19.1. The maximum Gasteiger partial charge on any atom is 0.338 e. The Bertz CT molecular complexity index is 1180. The van der Waals surface area contributed by atoms with Gasteiger partial charge in [-0.15, -0.1) is 11.3 Å². The van der Waals surface area contributed by atoms with Crippen molar-refractivity contribution in [3.8, 4) is 0 Å². The summed E-state index contributed by atoms with van der Waals surface area (Å²) in [7, 11) is 0. The number of benzene rings is 1. The fraction of sp³-hybridized carbons (Fsp3) is 0.391. The van der Waals surface area contributed by atoms with Gasteiger partial charge in [-0.1, -0.05) is 6.07 Å². The molecule has 0 radical (unpaired) electrons. The Balaban J connectivity index is 1.86. The zero-order valence-corrected chi connectivity index (χ0v) is 19.9. The standard InChI is InChI=1S/C23H24F2N4O5S/c1-3-34-23(32)17-15(10-29-7-8-33-11-16(29)22(30)31)27-20(21-26-6-9-35-21)28-19(17)13-4-5-14(24)18(25)12(13)2/h4-6,9,16,19H,3,7-8,10-11H2,1-2H3,(H,27,28)(H,30,31)/t16-,19-/m0/s1. The number of nitrogens with zero attached hydrogens (tertiary/aromatic N) is 3. The van der Waals surface area contributed by atoms with Gasteiger partial charge in [0.05, 0.1) is 25.4 Å². The van der Waals surface area contributed by atoms with Crippen LogP contribution in [0.1, 0.15) is 29.1 Å². The molecule has 0 amide bonds. The molecular formula is C23H24F2N4O5S. The molecule has 186 valence electrons. The minimum Gasteiger partial charge on any atom is -0.480 e. The minimum absolute atomic E-state index is 0.00348. The smallest absolute Gasteiger partial charge is 0.338 e. The summed E-state index contributed by atoms with van der Waals surface area (Å²) in [4.78, 5) is 35.6. The maximum atomic E-state index is 14.5. The number of esters is 1. The molecule has 0 bridgehead atoms. The zero-order chi connectivity index (χ0) is 25.1. The molecule has 1 aromatic heterocycles. The van der Waals surface area contributed by atoms with Crippen molar-refractivity contribution in [2.75, 3.05) is 32.9 Å². The quantitative estimate of drug-likeness (QED) is 0.551. The number of rotatable bonds is 7. The predicted octanol–water partition coefficient (Wildman–Crippen LogP) is 2.42. The number of carbonyl (C=O) groups is 2. The minimum atomic E-state index is -1.05. The normalized spacial score (nSPS) is 20.9. The Hall–Kier alpha value is -3.22. The van der Waals surface area contributed by atoms with E-state index in [9.17, 15) is 23.5 Å². The lowest BCUT2D eigenvalue weighted by Gasteiger charge is -2.35. The number of hydrogen-bond donors (Lipinski definition) is 2. The molecule has 2 aliphatic rings. The van der Waals surface area contributed by atoms with Gasteiger partial charge in [0.1, 0.15) is 12.1 Å². The fourth-order valence-electron chi connectivity index (χ4n) is 4.06. The number of halogens is 2. The predicted molar refractivity (Wildman–Crippen MR) is 123 cm³/mol. The van der Waals surface area contributed by atoms with Gasteiger partial charge in [0.25, 0.3) is 0 Å². The number of carboxylic acids is 1. The first-order valence-electron chi connectivity index (χ1n) is 11.0. The number of ether oxygens (including phenoxy) is 2. The van der Waals surface area contributed by atoms with E-state index in [0.717, 1.165) is 6.07 Å². The van der Waals surface area contributed by atoms with Crippen molar-refractivity contribution in [1.29, 1.82) is 0 Å². The number of thiazole rings is 1. The second-order valence-corrected chi connectivity index (χ2v) is 8.82. The lowest BCUT2D eigenvalue weighted by molar-refractivity contribution is -0.149. The lowest BCUT2D eigenvalue weighted by Crippen LogP contribution is -2.52. The molecule has 1 saturated heterocycles. The summed E-state index contributed by atoms with van der Waals surface area (Å²) in [5, 5.41) is 15.1. The van der Waals surface area contributed by atoms with Crippen molar-refractivity contribution < 1.29 is 33.0 Å². The SMILES string of the molecule is CCOC(=O)C1=C(CN2CCOC[C@H]2C(=O)O)NC(c2nccs2)=N[C@H]1c1ccc(F)c(F)c1C. The van der Waals surface area contributed by atoms with Crippen LogP contribution >= 0.6 is 11.3 Å². The number of aromatic nitrogens is 1. The first kappa shape index (κ1) is 24.9. The summed E-state index contributed by atoms with van der Waals surface area (Å²) >= 11 is 1.30. The number of carboxylic acid groups (broad SMARTS) is 1. The van der Waals surface area contributed by atoms with Gasteiger partial charge in [-0.3, -0.25) is 14.7 Å². The van der Waals surface area contributed by atoms with E-state index in [1.54, 1.807) is 23.4 Å². The van der Waals surface area contributed by atoms with Crippen LogP contribution in [0, 0.1) is 18.6 Å². The molecule has 9 nitrogen and oxygen atoms in total. The fourth-order valence-corrected chi connectivity index (χ4v) is 4.65. The molecule has 4 rings (SSSR count). The number of nitrogens with one attached hydrogen (secondary N) is 1. The molecule has 3 heterocycles. The maximum absolute atomic E-state index is 14.5. The van der Waals surface area contributed by atoms with E-state index < -0.39 is 35.7 Å². The van der Waals surface area contributed by atoms with Gasteiger partial charge in [0.2, 0.25) is 0 Å². The highest BCUT2D eigenvalue weighted by molar-refractivity contribution is 7.11. The van der Waals surface area contributed by atoms with E-state index in [-0.39, 0.29) is 36.5 Å². The van der Waals surface area contributed by atoms with Crippen molar-refractivity contribution >= 4 is 29.1 Å². The van der Waals surface area contributed by atoms with Crippen LogP contribution < -0.4 is 5.32 Å². The van der Waals surface area contributed by atoms with E-state index in [1.165, 1.54) is 24.3 Å². The molecule has 2 N–H and O–H groups in total. The number of aliphatic carboxylic acids is 1. The molecule has 2 aromatic rings. The average molecular weight is 507 g/mol. The van der Waals surface area contributed by atoms with Crippen LogP contribution in [0.15, 0.2) is 40.0 Å². The summed E-state index contributed by atoms with van der Waals surface area (Å²) in [6.07, 6.45) is 1.59. The lowest BCUT2D eigenvalue weighted by atomic mass is 9.91. The van der Waals surface area contributed by atoms with E-state index >= 15 is 0 Å². The van der Waals surface area contributed by atoms with Crippen molar-refractivity contribution in [3.63, 3.8) is 0 Å². The largest absolute Gasteiger partial charge is 0.480 e.